The minimum atomic E-state index is 0.0556. The molecule has 0 bridgehead atoms. The standard InChI is InChI=1S/C6H13NO.C3H8/c1-3-6(8)5(2)4-7;1-3-2/h5H,3-4,7H2,1-2H3;3H2,1-2H3. The van der Waals surface area contributed by atoms with Crippen LogP contribution in [0.4, 0.5) is 0 Å². The topological polar surface area (TPSA) is 43.1 Å². The molecule has 2 N–H and O–H groups in total. The molecule has 0 aromatic rings. The Bertz CT molecular complexity index is 91.6. The van der Waals surface area contributed by atoms with Gasteiger partial charge in [-0.25, -0.2) is 0 Å². The van der Waals surface area contributed by atoms with Crippen LogP contribution in [0.3, 0.4) is 0 Å². The van der Waals surface area contributed by atoms with Crippen LogP contribution in [0.1, 0.15) is 40.5 Å². The smallest absolute Gasteiger partial charge is 0.136 e. The zero-order valence-electron chi connectivity index (χ0n) is 8.18. The quantitative estimate of drug-likeness (QED) is 0.684. The zero-order chi connectivity index (χ0) is 9.28. The number of rotatable bonds is 3. The molecule has 0 rings (SSSR count). The third-order valence-corrected chi connectivity index (χ3v) is 1.25. The number of Topliss-reactive ketones (excluding diaryl/α,β-unsaturated/α-hetero) is 1. The SMILES string of the molecule is CCC.CCC(=O)C(C)CN. The van der Waals surface area contributed by atoms with Crippen LogP contribution >= 0.6 is 0 Å². The number of hydrogen-bond acceptors (Lipinski definition) is 2. The molecule has 0 aliphatic heterocycles. The van der Waals surface area contributed by atoms with Crippen molar-refractivity contribution in [1.82, 2.24) is 0 Å². The molecule has 1 unspecified atom stereocenters. The highest BCUT2D eigenvalue weighted by atomic mass is 16.1. The summed E-state index contributed by atoms with van der Waals surface area (Å²) in [4.78, 5) is 10.7. The first-order valence-electron chi connectivity index (χ1n) is 4.36. The molecule has 0 aliphatic carbocycles. The van der Waals surface area contributed by atoms with Crippen molar-refractivity contribution in [1.29, 1.82) is 0 Å². The van der Waals surface area contributed by atoms with Crippen LogP contribution in [-0.4, -0.2) is 12.3 Å². The van der Waals surface area contributed by atoms with E-state index < -0.39 is 0 Å². The Hall–Kier alpha value is -0.370. The number of ketones is 1. The molecule has 0 heterocycles. The molecule has 0 saturated heterocycles. The van der Waals surface area contributed by atoms with E-state index in [9.17, 15) is 4.79 Å². The molecule has 1 atom stereocenters. The molecule has 0 amide bonds. The van der Waals surface area contributed by atoms with Gasteiger partial charge < -0.3 is 5.73 Å². The summed E-state index contributed by atoms with van der Waals surface area (Å²) in [7, 11) is 0. The molecule has 0 aromatic carbocycles. The first kappa shape index (κ1) is 13.2. The molecular formula is C9H21NO. The lowest BCUT2D eigenvalue weighted by atomic mass is 10.1. The first-order chi connectivity index (χ1) is 5.13. The van der Waals surface area contributed by atoms with Gasteiger partial charge in [-0.15, -0.1) is 0 Å². The number of nitrogens with two attached hydrogens (primary N) is 1. The largest absolute Gasteiger partial charge is 0.330 e. The Morgan fingerprint density at radius 3 is 1.82 bits per heavy atom. The lowest BCUT2D eigenvalue weighted by Gasteiger charge is -2.02. The number of carbonyl (C=O) groups excluding carboxylic acids is 1. The molecule has 68 valence electrons. The number of carbonyl (C=O) groups is 1. The van der Waals surface area contributed by atoms with E-state index in [0.29, 0.717) is 13.0 Å². The van der Waals surface area contributed by atoms with E-state index >= 15 is 0 Å². The monoisotopic (exact) mass is 159 g/mol. The van der Waals surface area contributed by atoms with Gasteiger partial charge in [0.25, 0.3) is 0 Å². The van der Waals surface area contributed by atoms with Gasteiger partial charge >= 0.3 is 0 Å². The third-order valence-electron chi connectivity index (χ3n) is 1.25. The minimum absolute atomic E-state index is 0.0556. The third kappa shape index (κ3) is 9.63. The zero-order valence-corrected chi connectivity index (χ0v) is 8.18. The van der Waals surface area contributed by atoms with Gasteiger partial charge in [0.1, 0.15) is 5.78 Å². The highest BCUT2D eigenvalue weighted by Gasteiger charge is 2.06. The average molecular weight is 159 g/mol. The molecular weight excluding hydrogens is 138 g/mol. The number of hydrogen-bond donors (Lipinski definition) is 1. The maximum Gasteiger partial charge on any atom is 0.136 e. The van der Waals surface area contributed by atoms with Gasteiger partial charge in [-0.2, -0.15) is 0 Å². The van der Waals surface area contributed by atoms with Crippen LogP contribution in [0.25, 0.3) is 0 Å². The van der Waals surface area contributed by atoms with Crippen molar-refractivity contribution in [3.8, 4) is 0 Å². The van der Waals surface area contributed by atoms with Gasteiger partial charge in [0.05, 0.1) is 0 Å². The van der Waals surface area contributed by atoms with E-state index in [0.717, 1.165) is 0 Å². The predicted octanol–water partition coefficient (Wildman–Crippen LogP) is 1.98. The van der Waals surface area contributed by atoms with Gasteiger partial charge in [0, 0.05) is 18.9 Å². The normalized spacial score (nSPS) is 11.4. The van der Waals surface area contributed by atoms with Gasteiger partial charge in [-0.1, -0.05) is 34.1 Å². The summed E-state index contributed by atoms with van der Waals surface area (Å²) in [6.07, 6.45) is 1.86. The fraction of sp³-hybridized carbons (Fsp3) is 0.889. The lowest BCUT2D eigenvalue weighted by Crippen LogP contribution is -2.19. The average Bonchev–Trinajstić information content (AvgIpc) is 2.03. The molecule has 0 radical (unpaired) electrons. The van der Waals surface area contributed by atoms with Gasteiger partial charge in [-0.05, 0) is 0 Å². The molecule has 0 aliphatic rings. The Morgan fingerprint density at radius 2 is 1.73 bits per heavy atom. The van der Waals surface area contributed by atoms with E-state index in [-0.39, 0.29) is 11.7 Å². The summed E-state index contributed by atoms with van der Waals surface area (Å²) >= 11 is 0. The van der Waals surface area contributed by atoms with Gasteiger partial charge in [0.2, 0.25) is 0 Å². The fourth-order valence-corrected chi connectivity index (χ4v) is 0.480. The predicted molar refractivity (Wildman–Crippen MR) is 49.5 cm³/mol. The highest BCUT2D eigenvalue weighted by Crippen LogP contribution is 1.95. The Labute approximate surface area is 70.2 Å². The molecule has 11 heavy (non-hydrogen) atoms. The first-order valence-corrected chi connectivity index (χ1v) is 4.36. The van der Waals surface area contributed by atoms with Crippen molar-refractivity contribution < 1.29 is 4.79 Å². The van der Waals surface area contributed by atoms with Crippen LogP contribution in [0.15, 0.2) is 0 Å². The van der Waals surface area contributed by atoms with E-state index in [4.69, 9.17) is 5.73 Å². The molecule has 2 heteroatoms. The summed E-state index contributed by atoms with van der Waals surface area (Å²) in [6.45, 7) is 8.44. The highest BCUT2D eigenvalue weighted by molar-refractivity contribution is 5.80. The van der Waals surface area contributed by atoms with E-state index in [2.05, 4.69) is 13.8 Å². The van der Waals surface area contributed by atoms with E-state index in [1.165, 1.54) is 6.42 Å². The maximum atomic E-state index is 10.7. The molecule has 0 spiro atoms. The molecule has 0 fully saturated rings. The second-order valence-electron chi connectivity index (χ2n) is 2.66. The molecule has 2 nitrogen and oxygen atoms in total. The van der Waals surface area contributed by atoms with Crippen molar-refractivity contribution in [2.45, 2.75) is 40.5 Å². The minimum Gasteiger partial charge on any atom is -0.330 e. The van der Waals surface area contributed by atoms with Gasteiger partial charge in [-0.3, -0.25) is 4.79 Å². The molecule has 0 aromatic heterocycles. The lowest BCUT2D eigenvalue weighted by molar-refractivity contribution is -0.121. The van der Waals surface area contributed by atoms with Crippen molar-refractivity contribution in [3.05, 3.63) is 0 Å². The Kier molecular flexibility index (Phi) is 11.6. The van der Waals surface area contributed by atoms with E-state index in [1.807, 2.05) is 13.8 Å². The second kappa shape index (κ2) is 9.63. The maximum absolute atomic E-state index is 10.7. The summed E-state index contributed by atoms with van der Waals surface area (Å²) in [6, 6.07) is 0. The second-order valence-corrected chi connectivity index (χ2v) is 2.66. The summed E-state index contributed by atoms with van der Waals surface area (Å²) < 4.78 is 0. The van der Waals surface area contributed by atoms with Crippen LogP contribution in [0.5, 0.6) is 0 Å². The fourth-order valence-electron chi connectivity index (χ4n) is 0.480. The molecule has 0 saturated carbocycles. The van der Waals surface area contributed by atoms with Crippen molar-refractivity contribution in [3.63, 3.8) is 0 Å². The van der Waals surface area contributed by atoms with Crippen molar-refractivity contribution in [2.24, 2.45) is 11.7 Å². The van der Waals surface area contributed by atoms with Crippen LogP contribution in [0.2, 0.25) is 0 Å². The van der Waals surface area contributed by atoms with Crippen LogP contribution in [0, 0.1) is 5.92 Å². The Morgan fingerprint density at radius 1 is 1.36 bits per heavy atom. The summed E-state index contributed by atoms with van der Waals surface area (Å²) in [5.74, 6) is 0.313. The Balaban J connectivity index is 0. The summed E-state index contributed by atoms with van der Waals surface area (Å²) in [5.41, 5.74) is 5.23. The van der Waals surface area contributed by atoms with E-state index in [1.54, 1.807) is 0 Å². The van der Waals surface area contributed by atoms with Crippen molar-refractivity contribution >= 4 is 5.78 Å². The van der Waals surface area contributed by atoms with Gasteiger partial charge in [0.15, 0.2) is 0 Å². The summed E-state index contributed by atoms with van der Waals surface area (Å²) in [5, 5.41) is 0. The van der Waals surface area contributed by atoms with Crippen molar-refractivity contribution in [2.75, 3.05) is 6.54 Å². The van der Waals surface area contributed by atoms with Crippen LogP contribution < -0.4 is 5.73 Å². The van der Waals surface area contributed by atoms with Crippen LogP contribution in [-0.2, 0) is 4.79 Å².